The standard InChI is InChI=1S/C16H20IN3O/c1-4-13-15(17)16(18-5-2)20-14(19-13)10-11-6-8-12(21-3)9-7-11/h6-9H,4-5,10H2,1-3H3,(H,18,19,20). The van der Waals surface area contributed by atoms with Gasteiger partial charge in [0.15, 0.2) is 0 Å². The normalized spacial score (nSPS) is 10.5. The highest BCUT2D eigenvalue weighted by atomic mass is 127. The van der Waals surface area contributed by atoms with Gasteiger partial charge in [-0.05, 0) is 53.6 Å². The van der Waals surface area contributed by atoms with E-state index < -0.39 is 0 Å². The van der Waals surface area contributed by atoms with Gasteiger partial charge >= 0.3 is 0 Å². The zero-order valence-electron chi connectivity index (χ0n) is 12.6. The largest absolute Gasteiger partial charge is 0.497 e. The van der Waals surface area contributed by atoms with E-state index in [0.717, 1.165) is 46.0 Å². The van der Waals surface area contributed by atoms with Crippen molar-refractivity contribution in [2.24, 2.45) is 0 Å². The number of nitrogens with zero attached hydrogens (tertiary/aromatic N) is 2. The van der Waals surface area contributed by atoms with Gasteiger partial charge in [0, 0.05) is 13.0 Å². The first-order chi connectivity index (χ1) is 10.2. The van der Waals surface area contributed by atoms with Crippen LogP contribution in [-0.2, 0) is 12.8 Å². The van der Waals surface area contributed by atoms with Crippen molar-refractivity contribution in [3.63, 3.8) is 0 Å². The lowest BCUT2D eigenvalue weighted by atomic mass is 10.1. The number of aromatic nitrogens is 2. The van der Waals surface area contributed by atoms with E-state index in [-0.39, 0.29) is 0 Å². The molecule has 112 valence electrons. The topological polar surface area (TPSA) is 47.0 Å². The molecule has 0 saturated carbocycles. The summed E-state index contributed by atoms with van der Waals surface area (Å²) >= 11 is 2.32. The lowest BCUT2D eigenvalue weighted by molar-refractivity contribution is 0.414. The molecule has 0 aliphatic carbocycles. The van der Waals surface area contributed by atoms with Gasteiger partial charge in [0.1, 0.15) is 17.4 Å². The van der Waals surface area contributed by atoms with Gasteiger partial charge in [0.2, 0.25) is 0 Å². The van der Waals surface area contributed by atoms with Crippen molar-refractivity contribution >= 4 is 28.4 Å². The van der Waals surface area contributed by atoms with E-state index in [9.17, 15) is 0 Å². The summed E-state index contributed by atoms with van der Waals surface area (Å²) in [6, 6.07) is 8.04. The maximum Gasteiger partial charge on any atom is 0.143 e. The molecule has 0 spiro atoms. The molecule has 5 heteroatoms. The molecule has 0 atom stereocenters. The quantitative estimate of drug-likeness (QED) is 0.756. The van der Waals surface area contributed by atoms with Crippen molar-refractivity contribution in [3.05, 3.63) is 44.9 Å². The van der Waals surface area contributed by atoms with E-state index in [4.69, 9.17) is 4.74 Å². The average Bonchev–Trinajstić information content (AvgIpc) is 2.51. The minimum absolute atomic E-state index is 0.728. The monoisotopic (exact) mass is 397 g/mol. The molecule has 1 aromatic carbocycles. The Morgan fingerprint density at radius 2 is 1.86 bits per heavy atom. The lowest BCUT2D eigenvalue weighted by Gasteiger charge is -2.11. The van der Waals surface area contributed by atoms with Gasteiger partial charge in [-0.15, -0.1) is 0 Å². The molecule has 0 radical (unpaired) electrons. The predicted octanol–water partition coefficient (Wildman–Crippen LogP) is 3.67. The van der Waals surface area contributed by atoms with Crippen LogP contribution in [-0.4, -0.2) is 23.6 Å². The van der Waals surface area contributed by atoms with Crippen LogP contribution in [0.4, 0.5) is 5.82 Å². The maximum atomic E-state index is 5.18. The molecule has 21 heavy (non-hydrogen) atoms. The third-order valence-corrected chi connectivity index (χ3v) is 4.30. The van der Waals surface area contributed by atoms with E-state index in [1.165, 1.54) is 5.56 Å². The molecule has 0 fully saturated rings. The molecular weight excluding hydrogens is 377 g/mol. The van der Waals surface area contributed by atoms with E-state index in [2.05, 4.69) is 63.9 Å². The minimum atomic E-state index is 0.728. The molecule has 1 N–H and O–H groups in total. The van der Waals surface area contributed by atoms with Gasteiger partial charge in [0.25, 0.3) is 0 Å². The van der Waals surface area contributed by atoms with Crippen LogP contribution < -0.4 is 10.1 Å². The molecule has 1 heterocycles. The summed E-state index contributed by atoms with van der Waals surface area (Å²) in [6.45, 7) is 5.06. The van der Waals surface area contributed by atoms with Gasteiger partial charge in [-0.3, -0.25) is 0 Å². The molecule has 0 aliphatic heterocycles. The zero-order chi connectivity index (χ0) is 15.2. The molecule has 2 rings (SSSR count). The Hall–Kier alpha value is -1.37. The molecule has 2 aromatic rings. The molecule has 4 nitrogen and oxygen atoms in total. The number of halogens is 1. The fourth-order valence-corrected chi connectivity index (χ4v) is 2.88. The number of benzene rings is 1. The van der Waals surface area contributed by atoms with Gasteiger partial charge < -0.3 is 10.1 Å². The summed E-state index contributed by atoms with van der Waals surface area (Å²) in [7, 11) is 1.67. The highest BCUT2D eigenvalue weighted by Gasteiger charge is 2.11. The van der Waals surface area contributed by atoms with Crippen LogP contribution in [0.2, 0.25) is 0 Å². The third kappa shape index (κ3) is 4.06. The van der Waals surface area contributed by atoms with Gasteiger partial charge in [0.05, 0.1) is 16.4 Å². The smallest absolute Gasteiger partial charge is 0.143 e. The van der Waals surface area contributed by atoms with Crippen molar-refractivity contribution in [1.82, 2.24) is 9.97 Å². The molecular formula is C16H20IN3O. The second kappa shape index (κ2) is 7.59. The first kappa shape index (κ1) is 16.0. The first-order valence-electron chi connectivity index (χ1n) is 7.10. The van der Waals surface area contributed by atoms with Crippen LogP contribution in [0.1, 0.15) is 30.9 Å². The van der Waals surface area contributed by atoms with Crippen molar-refractivity contribution in [2.45, 2.75) is 26.7 Å². The number of aryl methyl sites for hydroxylation is 1. The van der Waals surface area contributed by atoms with E-state index in [1.807, 2.05) is 12.1 Å². The van der Waals surface area contributed by atoms with Crippen molar-refractivity contribution in [1.29, 1.82) is 0 Å². The summed E-state index contributed by atoms with van der Waals surface area (Å²) in [4.78, 5) is 9.33. The van der Waals surface area contributed by atoms with E-state index in [0.29, 0.717) is 0 Å². The second-order valence-electron chi connectivity index (χ2n) is 4.66. The predicted molar refractivity (Wildman–Crippen MR) is 94.1 cm³/mol. The van der Waals surface area contributed by atoms with Crippen molar-refractivity contribution < 1.29 is 4.74 Å². The molecule has 0 amide bonds. The van der Waals surface area contributed by atoms with Crippen LogP contribution in [0.5, 0.6) is 5.75 Å². The van der Waals surface area contributed by atoms with Gasteiger partial charge in [-0.1, -0.05) is 19.1 Å². The van der Waals surface area contributed by atoms with Crippen molar-refractivity contribution in [3.8, 4) is 5.75 Å². The fourth-order valence-electron chi connectivity index (χ4n) is 2.07. The van der Waals surface area contributed by atoms with Crippen LogP contribution in [0.25, 0.3) is 0 Å². The molecule has 0 unspecified atom stereocenters. The fraction of sp³-hybridized carbons (Fsp3) is 0.375. The Balaban J connectivity index is 2.27. The number of rotatable bonds is 6. The summed E-state index contributed by atoms with van der Waals surface area (Å²) in [5.74, 6) is 2.66. The Bertz CT molecular complexity index is 599. The minimum Gasteiger partial charge on any atom is -0.497 e. The van der Waals surface area contributed by atoms with Gasteiger partial charge in [-0.25, -0.2) is 9.97 Å². The maximum absolute atomic E-state index is 5.18. The molecule has 0 aliphatic rings. The first-order valence-corrected chi connectivity index (χ1v) is 8.17. The van der Waals surface area contributed by atoms with Crippen molar-refractivity contribution in [2.75, 3.05) is 19.0 Å². The number of ether oxygens (including phenoxy) is 1. The van der Waals surface area contributed by atoms with E-state index >= 15 is 0 Å². The second-order valence-corrected chi connectivity index (χ2v) is 5.74. The lowest BCUT2D eigenvalue weighted by Crippen LogP contribution is -2.09. The number of nitrogens with one attached hydrogen (secondary N) is 1. The Morgan fingerprint density at radius 3 is 2.43 bits per heavy atom. The Morgan fingerprint density at radius 1 is 1.14 bits per heavy atom. The average molecular weight is 397 g/mol. The highest BCUT2D eigenvalue weighted by molar-refractivity contribution is 14.1. The number of hydrogen-bond donors (Lipinski definition) is 1. The molecule has 0 bridgehead atoms. The summed E-state index contributed by atoms with van der Waals surface area (Å²) in [5, 5.41) is 3.32. The van der Waals surface area contributed by atoms with Crippen LogP contribution in [0.15, 0.2) is 24.3 Å². The Kier molecular flexibility index (Phi) is 5.78. The van der Waals surface area contributed by atoms with Crippen LogP contribution in [0.3, 0.4) is 0 Å². The van der Waals surface area contributed by atoms with E-state index in [1.54, 1.807) is 7.11 Å². The molecule has 0 saturated heterocycles. The number of methoxy groups -OCH3 is 1. The Labute approximate surface area is 139 Å². The number of hydrogen-bond acceptors (Lipinski definition) is 4. The number of anilines is 1. The van der Waals surface area contributed by atoms with Crippen LogP contribution >= 0.6 is 22.6 Å². The summed E-state index contributed by atoms with van der Waals surface area (Å²) in [5.41, 5.74) is 2.28. The SMILES string of the molecule is CCNc1nc(Cc2ccc(OC)cc2)nc(CC)c1I. The highest BCUT2D eigenvalue weighted by Crippen LogP contribution is 2.21. The van der Waals surface area contributed by atoms with Crippen LogP contribution in [0, 0.1) is 3.57 Å². The zero-order valence-corrected chi connectivity index (χ0v) is 14.8. The van der Waals surface area contributed by atoms with Gasteiger partial charge in [-0.2, -0.15) is 0 Å². The summed E-state index contributed by atoms with van der Waals surface area (Å²) in [6.07, 6.45) is 1.64. The third-order valence-electron chi connectivity index (χ3n) is 3.17. The molecule has 1 aromatic heterocycles. The summed E-state index contributed by atoms with van der Waals surface area (Å²) < 4.78 is 6.30.